The molecule has 3 nitrogen and oxygen atoms in total. The Morgan fingerprint density at radius 2 is 2.05 bits per heavy atom. The number of rotatable bonds is 4. The summed E-state index contributed by atoms with van der Waals surface area (Å²) in [6, 6.07) is 6.29. The first-order chi connectivity index (χ1) is 9.52. The van der Waals surface area contributed by atoms with Crippen LogP contribution < -0.4 is 10.6 Å². The molecular weight excluding hydrogens is 288 g/mol. The van der Waals surface area contributed by atoms with E-state index in [4.69, 9.17) is 22.7 Å². The van der Waals surface area contributed by atoms with Gasteiger partial charge in [-0.25, -0.2) is 0 Å². The number of anilines is 1. The van der Waals surface area contributed by atoms with Crippen molar-refractivity contribution in [2.24, 2.45) is 5.73 Å². The van der Waals surface area contributed by atoms with Gasteiger partial charge in [-0.15, -0.1) is 11.8 Å². The van der Waals surface area contributed by atoms with Crippen LogP contribution in [0.3, 0.4) is 0 Å². The molecule has 0 amide bonds. The fraction of sp³-hybridized carbons (Fsp3) is 0.533. The second-order valence-electron chi connectivity index (χ2n) is 5.11. The Morgan fingerprint density at radius 3 is 2.60 bits per heavy atom. The molecule has 110 valence electrons. The van der Waals surface area contributed by atoms with Crippen molar-refractivity contribution < 1.29 is 4.74 Å². The quantitative estimate of drug-likeness (QED) is 0.683. The van der Waals surface area contributed by atoms with Crippen LogP contribution in [0.1, 0.15) is 26.3 Å². The van der Waals surface area contributed by atoms with Gasteiger partial charge in [0.2, 0.25) is 0 Å². The molecule has 2 rings (SSSR count). The molecule has 2 atom stereocenters. The van der Waals surface area contributed by atoms with E-state index in [-0.39, 0.29) is 12.2 Å². The highest BCUT2D eigenvalue weighted by molar-refractivity contribution is 7.99. The number of hydrogen-bond acceptors (Lipinski definition) is 4. The van der Waals surface area contributed by atoms with E-state index in [2.05, 4.69) is 43.9 Å². The van der Waals surface area contributed by atoms with Gasteiger partial charge in [0.25, 0.3) is 0 Å². The van der Waals surface area contributed by atoms with Crippen LogP contribution >= 0.6 is 24.0 Å². The van der Waals surface area contributed by atoms with Crippen LogP contribution in [0.5, 0.6) is 0 Å². The van der Waals surface area contributed by atoms with Gasteiger partial charge in [-0.2, -0.15) is 0 Å². The number of benzene rings is 1. The molecule has 0 saturated carbocycles. The molecule has 2 N–H and O–H groups in total. The Hall–Kier alpha value is -0.780. The van der Waals surface area contributed by atoms with Crippen molar-refractivity contribution in [2.75, 3.05) is 23.7 Å². The predicted molar refractivity (Wildman–Crippen MR) is 90.9 cm³/mol. The van der Waals surface area contributed by atoms with Crippen LogP contribution in [0.2, 0.25) is 0 Å². The molecule has 0 bridgehead atoms. The molecule has 20 heavy (non-hydrogen) atoms. The summed E-state index contributed by atoms with van der Waals surface area (Å²) in [4.78, 5) is 3.99. The lowest BCUT2D eigenvalue weighted by atomic mass is 10.1. The molecule has 1 aromatic rings. The summed E-state index contributed by atoms with van der Waals surface area (Å²) in [5, 5.41) is 0. The standard InChI is InChI=1S/C15H22N2OS2/c1-4-20-13-7-5-6-12(14(13)15(16)19)17-8-10(2)18-11(3)9-17/h5-7,10-11H,4,8-9H2,1-3H3,(H2,16,19). The van der Waals surface area contributed by atoms with Gasteiger partial charge in [0, 0.05) is 29.2 Å². The first-order valence-electron chi connectivity index (χ1n) is 6.99. The fourth-order valence-corrected chi connectivity index (χ4v) is 3.80. The number of nitrogens with zero attached hydrogens (tertiary/aromatic N) is 1. The third-order valence-corrected chi connectivity index (χ3v) is 4.45. The number of thioether (sulfide) groups is 1. The number of morpholine rings is 1. The van der Waals surface area contributed by atoms with Crippen molar-refractivity contribution >= 4 is 34.7 Å². The summed E-state index contributed by atoms with van der Waals surface area (Å²) >= 11 is 7.07. The van der Waals surface area contributed by atoms with E-state index in [1.807, 2.05) is 0 Å². The van der Waals surface area contributed by atoms with Gasteiger partial charge in [0.05, 0.1) is 12.2 Å². The van der Waals surface area contributed by atoms with Gasteiger partial charge in [-0.3, -0.25) is 0 Å². The molecule has 2 unspecified atom stereocenters. The van der Waals surface area contributed by atoms with Crippen molar-refractivity contribution in [1.82, 2.24) is 0 Å². The van der Waals surface area contributed by atoms with Gasteiger partial charge in [0.1, 0.15) is 4.99 Å². The first-order valence-corrected chi connectivity index (χ1v) is 8.38. The average Bonchev–Trinajstić information content (AvgIpc) is 2.37. The molecule has 1 aliphatic rings. The second kappa shape index (κ2) is 6.78. The van der Waals surface area contributed by atoms with Crippen LogP contribution in [-0.4, -0.2) is 36.0 Å². The summed E-state index contributed by atoms with van der Waals surface area (Å²) in [6.45, 7) is 8.10. The highest BCUT2D eigenvalue weighted by Gasteiger charge is 2.25. The van der Waals surface area contributed by atoms with Crippen molar-refractivity contribution in [3.05, 3.63) is 23.8 Å². The van der Waals surface area contributed by atoms with E-state index >= 15 is 0 Å². The van der Waals surface area contributed by atoms with Gasteiger partial charge in [-0.05, 0) is 31.7 Å². The molecule has 0 radical (unpaired) electrons. The smallest absolute Gasteiger partial charge is 0.107 e. The fourth-order valence-electron chi connectivity index (χ4n) is 2.68. The summed E-state index contributed by atoms with van der Waals surface area (Å²) < 4.78 is 5.80. The lowest BCUT2D eigenvalue weighted by Gasteiger charge is -2.38. The third kappa shape index (κ3) is 3.45. The number of nitrogens with two attached hydrogens (primary N) is 1. The molecule has 0 spiro atoms. The highest BCUT2D eigenvalue weighted by Crippen LogP contribution is 2.32. The Bertz CT molecular complexity index is 483. The SMILES string of the molecule is CCSc1cccc(N2CC(C)OC(C)C2)c1C(N)=S. The van der Waals surface area contributed by atoms with E-state index < -0.39 is 0 Å². The summed E-state index contributed by atoms with van der Waals surface area (Å²) in [5.41, 5.74) is 8.13. The topological polar surface area (TPSA) is 38.5 Å². The van der Waals surface area contributed by atoms with E-state index in [9.17, 15) is 0 Å². The molecular formula is C15H22N2OS2. The van der Waals surface area contributed by atoms with Gasteiger partial charge in [0.15, 0.2) is 0 Å². The van der Waals surface area contributed by atoms with E-state index in [0.29, 0.717) is 4.99 Å². The van der Waals surface area contributed by atoms with Crippen molar-refractivity contribution in [3.8, 4) is 0 Å². The highest BCUT2D eigenvalue weighted by atomic mass is 32.2. The average molecular weight is 310 g/mol. The monoisotopic (exact) mass is 310 g/mol. The zero-order chi connectivity index (χ0) is 14.7. The third-order valence-electron chi connectivity index (χ3n) is 3.31. The first kappa shape index (κ1) is 15.6. The maximum atomic E-state index is 5.98. The molecule has 1 aliphatic heterocycles. The summed E-state index contributed by atoms with van der Waals surface area (Å²) in [5.74, 6) is 1.01. The van der Waals surface area contributed by atoms with E-state index in [1.54, 1.807) is 11.8 Å². The number of ether oxygens (including phenoxy) is 1. The lowest BCUT2D eigenvalue weighted by Crippen LogP contribution is -2.46. The molecule has 5 heteroatoms. The predicted octanol–water partition coefficient (Wildman–Crippen LogP) is 3.05. The lowest BCUT2D eigenvalue weighted by molar-refractivity contribution is -0.00523. The van der Waals surface area contributed by atoms with Crippen LogP contribution in [0.4, 0.5) is 5.69 Å². The largest absolute Gasteiger partial charge is 0.389 e. The Labute approximate surface area is 130 Å². The Kier molecular flexibility index (Phi) is 5.29. The molecule has 0 aromatic heterocycles. The molecule has 1 fully saturated rings. The number of thiocarbonyl (C=S) groups is 1. The molecule has 1 aromatic carbocycles. The van der Waals surface area contributed by atoms with Crippen molar-refractivity contribution in [1.29, 1.82) is 0 Å². The van der Waals surface area contributed by atoms with Crippen molar-refractivity contribution in [3.63, 3.8) is 0 Å². The minimum absolute atomic E-state index is 0.223. The minimum atomic E-state index is 0.223. The molecule has 1 heterocycles. The van der Waals surface area contributed by atoms with Crippen LogP contribution in [-0.2, 0) is 4.74 Å². The summed E-state index contributed by atoms with van der Waals surface area (Å²) in [6.07, 6.45) is 0.445. The van der Waals surface area contributed by atoms with Crippen molar-refractivity contribution in [2.45, 2.75) is 37.9 Å². The zero-order valence-electron chi connectivity index (χ0n) is 12.3. The number of hydrogen-bond donors (Lipinski definition) is 1. The Morgan fingerprint density at radius 1 is 1.40 bits per heavy atom. The minimum Gasteiger partial charge on any atom is -0.389 e. The summed E-state index contributed by atoms with van der Waals surface area (Å²) in [7, 11) is 0. The normalized spacial score (nSPS) is 22.9. The molecule has 1 saturated heterocycles. The maximum absolute atomic E-state index is 5.98. The maximum Gasteiger partial charge on any atom is 0.107 e. The second-order valence-corrected chi connectivity index (χ2v) is 6.86. The van der Waals surface area contributed by atoms with Crippen LogP contribution in [0.25, 0.3) is 0 Å². The van der Waals surface area contributed by atoms with Gasteiger partial charge in [-0.1, -0.05) is 25.2 Å². The zero-order valence-corrected chi connectivity index (χ0v) is 13.9. The Balaban J connectivity index is 2.39. The van der Waals surface area contributed by atoms with Crippen LogP contribution in [0, 0.1) is 0 Å². The van der Waals surface area contributed by atoms with E-state index in [1.165, 1.54) is 4.90 Å². The molecule has 0 aliphatic carbocycles. The van der Waals surface area contributed by atoms with Crippen LogP contribution in [0.15, 0.2) is 23.1 Å². The van der Waals surface area contributed by atoms with Gasteiger partial charge >= 0.3 is 0 Å². The van der Waals surface area contributed by atoms with Gasteiger partial charge < -0.3 is 15.4 Å². The van der Waals surface area contributed by atoms with E-state index in [0.717, 1.165) is 30.1 Å².